The van der Waals surface area contributed by atoms with Crippen LogP contribution in [0.15, 0.2) is 23.8 Å². The van der Waals surface area contributed by atoms with Crippen LogP contribution in [-0.4, -0.2) is 30.9 Å². The maximum absolute atomic E-state index is 12.6. The Morgan fingerprint density at radius 3 is 2.19 bits per heavy atom. The highest BCUT2D eigenvalue weighted by atomic mass is 16.5. The minimum atomic E-state index is -0.601. The molecule has 5 heteroatoms. The number of aliphatic hydroxyl groups excluding tert-OH is 1. The summed E-state index contributed by atoms with van der Waals surface area (Å²) >= 11 is 0. The molecule has 0 atom stereocenters. The minimum absolute atomic E-state index is 0.0749. The Labute approximate surface area is 192 Å². The third-order valence-corrected chi connectivity index (χ3v) is 7.10. The summed E-state index contributed by atoms with van der Waals surface area (Å²) in [5.41, 5.74) is 1.79. The Balaban J connectivity index is 1.72. The lowest BCUT2D eigenvalue weighted by Gasteiger charge is -2.51. The smallest absolute Gasteiger partial charge is 0.316 e. The van der Waals surface area contributed by atoms with Gasteiger partial charge < -0.3 is 19.3 Å². The zero-order valence-corrected chi connectivity index (χ0v) is 20.0. The third kappa shape index (κ3) is 4.98. The minimum Gasteiger partial charge on any atom is -0.493 e. The van der Waals surface area contributed by atoms with Gasteiger partial charge in [-0.05, 0) is 101 Å². The molecule has 4 aliphatic rings. The highest BCUT2D eigenvalue weighted by molar-refractivity contribution is 5.78. The van der Waals surface area contributed by atoms with Crippen molar-refractivity contribution in [2.45, 2.75) is 66.2 Å². The maximum Gasteiger partial charge on any atom is 0.316 e. The van der Waals surface area contributed by atoms with Crippen LogP contribution in [0.3, 0.4) is 0 Å². The van der Waals surface area contributed by atoms with Crippen molar-refractivity contribution < 1.29 is 24.1 Å². The molecule has 5 rings (SSSR count). The van der Waals surface area contributed by atoms with Crippen molar-refractivity contribution in [3.05, 3.63) is 29.3 Å². The van der Waals surface area contributed by atoms with Gasteiger partial charge in [0.05, 0.1) is 18.6 Å². The summed E-state index contributed by atoms with van der Waals surface area (Å²) in [4.78, 5) is 12.6. The van der Waals surface area contributed by atoms with Crippen LogP contribution in [0.2, 0.25) is 0 Å². The molecule has 1 N–H and O–H groups in total. The quantitative estimate of drug-likeness (QED) is 0.246. The van der Waals surface area contributed by atoms with E-state index in [0.717, 1.165) is 23.2 Å². The summed E-state index contributed by atoms with van der Waals surface area (Å²) in [5, 5.41) is 9.13. The van der Waals surface area contributed by atoms with Gasteiger partial charge in [-0.25, -0.2) is 0 Å². The maximum atomic E-state index is 12.6. The number of allylic oxidation sites excluding steroid dienone is 1. The molecule has 0 amide bonds. The molecule has 32 heavy (non-hydrogen) atoms. The topological polar surface area (TPSA) is 65.0 Å². The second kappa shape index (κ2) is 9.46. The monoisotopic (exact) mass is 442 g/mol. The highest BCUT2D eigenvalue weighted by Crippen LogP contribution is 2.58. The van der Waals surface area contributed by atoms with Gasteiger partial charge in [0.2, 0.25) is 0 Å². The van der Waals surface area contributed by atoms with Gasteiger partial charge in [-0.1, -0.05) is 0 Å². The summed E-state index contributed by atoms with van der Waals surface area (Å²) in [6, 6.07) is 5.68. The van der Waals surface area contributed by atoms with E-state index in [1.54, 1.807) is 6.07 Å². The van der Waals surface area contributed by atoms with Crippen molar-refractivity contribution in [2.75, 3.05) is 19.8 Å². The van der Waals surface area contributed by atoms with E-state index in [1.165, 1.54) is 37.7 Å². The molecular formula is C27H38O5. The van der Waals surface area contributed by atoms with E-state index in [-0.39, 0.29) is 12.6 Å². The second-order valence-corrected chi connectivity index (χ2v) is 10.8. The van der Waals surface area contributed by atoms with Gasteiger partial charge in [0.1, 0.15) is 17.3 Å². The van der Waals surface area contributed by atoms with E-state index < -0.39 is 5.41 Å². The lowest BCUT2D eigenvalue weighted by Crippen LogP contribution is -2.41. The van der Waals surface area contributed by atoms with Crippen LogP contribution in [0.5, 0.6) is 11.5 Å². The number of carbonyl (C=O) groups is 1. The predicted molar refractivity (Wildman–Crippen MR) is 124 cm³/mol. The number of hydrogen-bond acceptors (Lipinski definition) is 5. The van der Waals surface area contributed by atoms with E-state index in [4.69, 9.17) is 19.3 Å². The molecule has 0 aliphatic heterocycles. The Bertz CT molecular complexity index is 833. The standard InChI is InChI=1S/C27H38O5/c1-5-30-25(24-19-10-17-9-18(12-19)13-20(24)11-17)21-14-22(31-8-6-7-28)16-23(15-21)32-26(29)27(2,3)4/h14-20,28H,5-13H2,1-4H3. The average molecular weight is 443 g/mol. The van der Waals surface area contributed by atoms with Gasteiger partial charge >= 0.3 is 5.97 Å². The molecule has 0 radical (unpaired) electrons. The molecule has 0 aromatic heterocycles. The van der Waals surface area contributed by atoms with Gasteiger partial charge in [0, 0.05) is 24.7 Å². The van der Waals surface area contributed by atoms with Crippen molar-refractivity contribution >= 4 is 11.7 Å². The molecule has 5 nitrogen and oxygen atoms in total. The molecule has 1 aromatic carbocycles. The van der Waals surface area contributed by atoms with Crippen LogP contribution in [0.1, 0.15) is 71.8 Å². The lowest BCUT2D eigenvalue weighted by molar-refractivity contribution is -0.143. The summed E-state index contributed by atoms with van der Waals surface area (Å²) in [6.07, 6.45) is 7.06. The van der Waals surface area contributed by atoms with Gasteiger partial charge in [-0.15, -0.1) is 0 Å². The molecule has 0 spiro atoms. The SMILES string of the molecule is CCOC(=C1C2CC3CC(C2)CC1C3)c1cc(OCCCO)cc(OC(=O)C(C)(C)C)c1. The fourth-order valence-electron chi connectivity index (χ4n) is 5.90. The van der Waals surface area contributed by atoms with Gasteiger partial charge in [-0.3, -0.25) is 4.79 Å². The first-order valence-electron chi connectivity index (χ1n) is 12.3. The van der Waals surface area contributed by atoms with E-state index in [0.29, 0.717) is 43.0 Å². The van der Waals surface area contributed by atoms with Crippen LogP contribution < -0.4 is 9.47 Å². The Morgan fingerprint density at radius 1 is 1.00 bits per heavy atom. The Kier molecular flexibility index (Phi) is 6.85. The fourth-order valence-corrected chi connectivity index (χ4v) is 5.90. The normalized spacial score (nSPS) is 26.2. The van der Waals surface area contributed by atoms with Crippen molar-refractivity contribution in [1.29, 1.82) is 0 Å². The molecule has 1 aromatic rings. The van der Waals surface area contributed by atoms with Crippen molar-refractivity contribution in [3.63, 3.8) is 0 Å². The average Bonchev–Trinajstić information content (AvgIpc) is 2.71. The molecule has 4 bridgehead atoms. The number of hydrogen-bond donors (Lipinski definition) is 1. The summed E-state index contributed by atoms with van der Waals surface area (Å²) < 4.78 is 18.0. The van der Waals surface area contributed by atoms with Gasteiger partial charge in [0.25, 0.3) is 0 Å². The summed E-state index contributed by atoms with van der Waals surface area (Å²) in [5.74, 6) is 4.75. The predicted octanol–water partition coefficient (Wildman–Crippen LogP) is 5.60. The van der Waals surface area contributed by atoms with Gasteiger partial charge in [0.15, 0.2) is 0 Å². The van der Waals surface area contributed by atoms with Crippen LogP contribution in [-0.2, 0) is 9.53 Å². The number of rotatable bonds is 8. The zero-order chi connectivity index (χ0) is 22.9. The first-order chi connectivity index (χ1) is 15.3. The van der Waals surface area contributed by atoms with E-state index >= 15 is 0 Å². The molecule has 0 saturated heterocycles. The number of ether oxygens (including phenoxy) is 3. The highest BCUT2D eigenvalue weighted by Gasteiger charge is 2.46. The summed E-state index contributed by atoms with van der Waals surface area (Å²) in [7, 11) is 0. The van der Waals surface area contributed by atoms with Crippen LogP contribution in [0.25, 0.3) is 5.76 Å². The molecule has 4 saturated carbocycles. The van der Waals surface area contributed by atoms with Crippen molar-refractivity contribution in [2.24, 2.45) is 29.1 Å². The van der Waals surface area contributed by atoms with Crippen LogP contribution in [0.4, 0.5) is 0 Å². The molecule has 0 unspecified atom stereocenters. The first-order valence-corrected chi connectivity index (χ1v) is 12.3. The molecule has 0 heterocycles. The fraction of sp³-hybridized carbons (Fsp3) is 0.667. The number of aliphatic hydroxyl groups is 1. The van der Waals surface area contributed by atoms with Crippen LogP contribution in [0, 0.1) is 29.1 Å². The molecular weight excluding hydrogens is 404 g/mol. The Morgan fingerprint density at radius 2 is 1.62 bits per heavy atom. The van der Waals surface area contributed by atoms with Crippen LogP contribution >= 0.6 is 0 Å². The molecule has 4 aliphatic carbocycles. The second-order valence-electron chi connectivity index (χ2n) is 10.8. The molecule has 176 valence electrons. The lowest BCUT2D eigenvalue weighted by atomic mass is 9.54. The number of benzene rings is 1. The molecule has 4 fully saturated rings. The van der Waals surface area contributed by atoms with Crippen molar-refractivity contribution in [1.82, 2.24) is 0 Å². The summed E-state index contributed by atoms with van der Waals surface area (Å²) in [6.45, 7) is 8.64. The van der Waals surface area contributed by atoms with Crippen molar-refractivity contribution in [3.8, 4) is 11.5 Å². The number of carbonyl (C=O) groups excluding carboxylic acids is 1. The van der Waals surface area contributed by atoms with E-state index in [2.05, 4.69) is 0 Å². The third-order valence-electron chi connectivity index (χ3n) is 7.10. The largest absolute Gasteiger partial charge is 0.493 e. The first kappa shape index (κ1) is 23.2. The van der Waals surface area contributed by atoms with E-state index in [1.807, 2.05) is 39.8 Å². The zero-order valence-electron chi connectivity index (χ0n) is 20.0. The Hall–Kier alpha value is -2.01. The van der Waals surface area contributed by atoms with Gasteiger partial charge in [-0.2, -0.15) is 0 Å². The van der Waals surface area contributed by atoms with E-state index in [9.17, 15) is 4.79 Å². The number of esters is 1.